The molecule has 25 heavy (non-hydrogen) atoms. The van der Waals surface area contributed by atoms with Gasteiger partial charge in [0.15, 0.2) is 0 Å². The molecular weight excluding hydrogens is 351 g/mol. The van der Waals surface area contributed by atoms with Gasteiger partial charge in [-0.05, 0) is 23.6 Å². The van der Waals surface area contributed by atoms with E-state index in [0.29, 0.717) is 15.4 Å². The van der Waals surface area contributed by atoms with Gasteiger partial charge in [-0.1, -0.05) is 66.7 Å². The molecule has 0 amide bonds. The zero-order valence-corrected chi connectivity index (χ0v) is 14.4. The molecule has 0 aromatic heterocycles. The molecule has 0 N–H and O–H groups in total. The van der Waals surface area contributed by atoms with E-state index in [9.17, 15) is 21.6 Å². The lowest BCUT2D eigenvalue weighted by molar-refractivity contribution is -0.0488. The molecule has 0 fully saturated rings. The molecular formula is C18H18F3NO2S. The minimum atomic E-state index is -5.43. The predicted molar refractivity (Wildman–Crippen MR) is 91.9 cm³/mol. The first-order valence-corrected chi connectivity index (χ1v) is 8.98. The average molecular weight is 369 g/mol. The molecule has 0 atom stereocenters. The summed E-state index contributed by atoms with van der Waals surface area (Å²) in [6.45, 7) is 1.02. The molecule has 0 saturated heterocycles. The Morgan fingerprint density at radius 2 is 1.52 bits per heavy atom. The number of halogens is 3. The molecule has 2 aromatic carbocycles. The van der Waals surface area contributed by atoms with Crippen LogP contribution >= 0.6 is 0 Å². The lowest BCUT2D eigenvalue weighted by Crippen LogP contribution is -2.40. The van der Waals surface area contributed by atoms with Crippen LogP contribution in [0.3, 0.4) is 0 Å². The van der Waals surface area contributed by atoms with Gasteiger partial charge in [-0.2, -0.15) is 17.5 Å². The van der Waals surface area contributed by atoms with E-state index in [1.54, 1.807) is 49.4 Å². The summed E-state index contributed by atoms with van der Waals surface area (Å²) in [4.78, 5) is 0. The first kappa shape index (κ1) is 19.2. The van der Waals surface area contributed by atoms with Crippen LogP contribution in [0.4, 0.5) is 13.2 Å². The number of rotatable bonds is 6. The second-order valence-corrected chi connectivity index (χ2v) is 7.41. The van der Waals surface area contributed by atoms with E-state index in [1.165, 1.54) is 6.08 Å². The summed E-state index contributed by atoms with van der Waals surface area (Å²) in [5.41, 5.74) is -3.32. The van der Waals surface area contributed by atoms with Gasteiger partial charge < -0.3 is 0 Å². The van der Waals surface area contributed by atoms with Gasteiger partial charge in [0.05, 0.1) is 0 Å². The number of nitrogens with zero attached hydrogens (tertiary/aromatic N) is 1. The van der Waals surface area contributed by atoms with Crippen molar-refractivity contribution < 1.29 is 21.6 Å². The summed E-state index contributed by atoms with van der Waals surface area (Å²) >= 11 is 0. The second kappa shape index (κ2) is 7.84. The molecule has 0 spiro atoms. The van der Waals surface area contributed by atoms with E-state index in [-0.39, 0.29) is 13.1 Å². The molecule has 3 nitrogen and oxygen atoms in total. The van der Waals surface area contributed by atoms with E-state index in [0.717, 1.165) is 5.56 Å². The van der Waals surface area contributed by atoms with Gasteiger partial charge in [0.1, 0.15) is 0 Å². The van der Waals surface area contributed by atoms with Crippen LogP contribution in [0, 0.1) is 0 Å². The van der Waals surface area contributed by atoms with E-state index < -0.39 is 15.5 Å². The molecule has 0 heterocycles. The van der Waals surface area contributed by atoms with Crippen LogP contribution in [0.15, 0.2) is 66.7 Å². The summed E-state index contributed by atoms with van der Waals surface area (Å²) in [5.74, 6) is 0. The van der Waals surface area contributed by atoms with Crippen LogP contribution in [-0.2, 0) is 16.6 Å². The summed E-state index contributed by atoms with van der Waals surface area (Å²) in [7, 11) is -5.43. The molecule has 0 radical (unpaired) electrons. The van der Waals surface area contributed by atoms with Gasteiger partial charge in [-0.15, -0.1) is 0 Å². The molecule has 0 aliphatic rings. The van der Waals surface area contributed by atoms with Crippen molar-refractivity contribution in [1.29, 1.82) is 0 Å². The summed E-state index contributed by atoms with van der Waals surface area (Å²) in [5, 5.41) is 0. The first-order chi connectivity index (χ1) is 11.7. The SMILES string of the molecule is CC(=CCN(Cc1ccccc1)S(=O)(=O)C(F)(F)F)c1ccccc1. The van der Waals surface area contributed by atoms with Crippen molar-refractivity contribution in [3.8, 4) is 0 Å². The zero-order valence-electron chi connectivity index (χ0n) is 13.6. The number of hydrogen-bond acceptors (Lipinski definition) is 2. The summed E-state index contributed by atoms with van der Waals surface area (Å²) in [6, 6.07) is 17.3. The van der Waals surface area contributed by atoms with Crippen molar-refractivity contribution in [2.45, 2.75) is 19.0 Å². The Labute approximate surface area is 145 Å². The number of alkyl halides is 3. The largest absolute Gasteiger partial charge is 0.511 e. The molecule has 7 heteroatoms. The highest BCUT2D eigenvalue weighted by atomic mass is 32.2. The molecule has 0 bridgehead atoms. The maximum atomic E-state index is 13.0. The van der Waals surface area contributed by atoms with Crippen molar-refractivity contribution in [2.75, 3.05) is 6.54 Å². The Balaban J connectivity index is 2.29. The highest BCUT2D eigenvalue weighted by Crippen LogP contribution is 2.28. The molecule has 0 aliphatic heterocycles. The lowest BCUT2D eigenvalue weighted by atomic mass is 10.1. The van der Waals surface area contributed by atoms with E-state index >= 15 is 0 Å². The van der Waals surface area contributed by atoms with Crippen LogP contribution < -0.4 is 0 Å². The van der Waals surface area contributed by atoms with Crippen molar-refractivity contribution >= 4 is 15.6 Å². The molecule has 2 rings (SSSR count). The van der Waals surface area contributed by atoms with Gasteiger partial charge in [0.2, 0.25) is 0 Å². The monoisotopic (exact) mass is 369 g/mol. The van der Waals surface area contributed by atoms with E-state index in [1.807, 2.05) is 18.2 Å². The smallest absolute Gasteiger partial charge is 0.203 e. The Bertz CT molecular complexity index is 816. The molecule has 2 aromatic rings. The van der Waals surface area contributed by atoms with Gasteiger partial charge >= 0.3 is 15.5 Å². The molecule has 0 saturated carbocycles. The first-order valence-electron chi connectivity index (χ1n) is 7.54. The maximum Gasteiger partial charge on any atom is 0.511 e. The Morgan fingerprint density at radius 3 is 2.04 bits per heavy atom. The Hall–Kier alpha value is -2.12. The van der Waals surface area contributed by atoms with Gasteiger partial charge in [-0.25, -0.2) is 8.42 Å². The Morgan fingerprint density at radius 1 is 1.00 bits per heavy atom. The highest BCUT2D eigenvalue weighted by Gasteiger charge is 2.49. The van der Waals surface area contributed by atoms with Crippen LogP contribution in [0.2, 0.25) is 0 Å². The van der Waals surface area contributed by atoms with Crippen molar-refractivity contribution in [3.05, 3.63) is 77.9 Å². The maximum absolute atomic E-state index is 13.0. The second-order valence-electron chi connectivity index (χ2n) is 5.48. The van der Waals surface area contributed by atoms with Crippen molar-refractivity contribution in [2.24, 2.45) is 0 Å². The predicted octanol–water partition coefficient (Wildman–Crippen LogP) is 4.44. The normalized spacial score (nSPS) is 13.2. The fraction of sp³-hybridized carbons (Fsp3) is 0.222. The number of benzene rings is 2. The third-order valence-electron chi connectivity index (χ3n) is 3.66. The van der Waals surface area contributed by atoms with Crippen molar-refractivity contribution in [3.63, 3.8) is 0 Å². The fourth-order valence-corrected chi connectivity index (χ4v) is 3.12. The van der Waals surface area contributed by atoms with Gasteiger partial charge in [0.25, 0.3) is 0 Å². The van der Waals surface area contributed by atoms with Gasteiger partial charge in [0, 0.05) is 13.1 Å². The van der Waals surface area contributed by atoms with E-state index in [2.05, 4.69) is 0 Å². The number of sulfonamides is 1. The lowest BCUT2D eigenvalue weighted by Gasteiger charge is -2.22. The summed E-state index contributed by atoms with van der Waals surface area (Å²) < 4.78 is 63.1. The quantitative estimate of drug-likeness (QED) is 0.755. The van der Waals surface area contributed by atoms with Crippen LogP contribution in [0.5, 0.6) is 0 Å². The molecule has 0 aliphatic carbocycles. The number of hydrogen-bond donors (Lipinski definition) is 0. The average Bonchev–Trinajstić information content (AvgIpc) is 2.58. The Kier molecular flexibility index (Phi) is 6.02. The minimum Gasteiger partial charge on any atom is -0.203 e. The third-order valence-corrected chi connectivity index (χ3v) is 5.21. The van der Waals surface area contributed by atoms with Crippen LogP contribution in [-0.4, -0.2) is 24.8 Å². The van der Waals surface area contributed by atoms with Crippen molar-refractivity contribution in [1.82, 2.24) is 4.31 Å². The minimum absolute atomic E-state index is 0.346. The third kappa shape index (κ3) is 4.93. The van der Waals surface area contributed by atoms with Crippen LogP contribution in [0.1, 0.15) is 18.1 Å². The summed E-state index contributed by atoms with van der Waals surface area (Å²) in [6.07, 6.45) is 1.49. The number of allylic oxidation sites excluding steroid dienone is 1. The van der Waals surface area contributed by atoms with Gasteiger partial charge in [-0.3, -0.25) is 0 Å². The molecule has 0 unspecified atom stereocenters. The standard InChI is InChI=1S/C18H18F3NO2S/c1-15(17-10-6-3-7-11-17)12-13-22(25(23,24)18(19,20)21)14-16-8-4-2-5-9-16/h2-12H,13-14H2,1H3. The highest BCUT2D eigenvalue weighted by molar-refractivity contribution is 7.89. The zero-order chi connectivity index (χ0) is 18.5. The topological polar surface area (TPSA) is 37.4 Å². The van der Waals surface area contributed by atoms with Crippen LogP contribution in [0.25, 0.3) is 5.57 Å². The molecule has 134 valence electrons. The van der Waals surface area contributed by atoms with E-state index in [4.69, 9.17) is 0 Å². The fourth-order valence-electron chi connectivity index (χ4n) is 2.24.